The second kappa shape index (κ2) is 5.31. The van der Waals surface area contributed by atoms with Crippen LogP contribution in [0, 0.1) is 0 Å². The summed E-state index contributed by atoms with van der Waals surface area (Å²) in [6.45, 7) is 0.789. The number of anilines is 1. The first-order valence-electron chi connectivity index (χ1n) is 6.54. The van der Waals surface area contributed by atoms with Crippen LogP contribution in [0.15, 0.2) is 47.3 Å². The Bertz CT molecular complexity index is 847. The van der Waals surface area contributed by atoms with Crippen LogP contribution in [0.3, 0.4) is 0 Å². The molecular formula is C15H12N4S2. The van der Waals surface area contributed by atoms with Crippen molar-refractivity contribution in [2.75, 3.05) is 5.32 Å². The predicted molar refractivity (Wildman–Crippen MR) is 88.8 cm³/mol. The number of rotatable bonds is 4. The molecule has 0 unspecified atom stereocenters. The number of H-pyrrole nitrogens is 1. The maximum atomic E-state index is 4.56. The smallest absolute Gasteiger partial charge is 0.201 e. The molecule has 2 N–H and O–H groups in total. The van der Waals surface area contributed by atoms with Crippen LogP contribution in [-0.2, 0) is 6.54 Å². The molecule has 0 bridgehead atoms. The van der Waals surface area contributed by atoms with Crippen LogP contribution in [-0.4, -0.2) is 15.0 Å². The average Bonchev–Trinajstić information content (AvgIpc) is 3.24. The fourth-order valence-electron chi connectivity index (χ4n) is 2.18. The summed E-state index contributed by atoms with van der Waals surface area (Å²) >= 11 is 3.38. The van der Waals surface area contributed by atoms with Crippen molar-refractivity contribution >= 4 is 39.7 Å². The Balaban J connectivity index is 1.60. The van der Waals surface area contributed by atoms with Gasteiger partial charge >= 0.3 is 0 Å². The zero-order chi connectivity index (χ0) is 14.1. The van der Waals surface area contributed by atoms with E-state index >= 15 is 0 Å². The third-order valence-corrected chi connectivity index (χ3v) is 4.87. The fourth-order valence-corrected chi connectivity index (χ4v) is 3.46. The van der Waals surface area contributed by atoms with Crippen molar-refractivity contribution in [1.29, 1.82) is 0 Å². The largest absolute Gasteiger partial charge is 0.351 e. The number of benzene rings is 1. The molecule has 1 aromatic carbocycles. The second-order valence-electron chi connectivity index (χ2n) is 4.59. The van der Waals surface area contributed by atoms with Gasteiger partial charge in [0.25, 0.3) is 0 Å². The SMILES string of the molecule is c1csc(CNc2nc3ccc(-c4nccs4)cc3[nH]2)c1. The predicted octanol–water partition coefficient (Wildman–Crippen LogP) is 4.36. The van der Waals surface area contributed by atoms with Gasteiger partial charge in [-0.3, -0.25) is 0 Å². The summed E-state index contributed by atoms with van der Waals surface area (Å²) < 4.78 is 0. The minimum atomic E-state index is 0.789. The molecule has 0 spiro atoms. The van der Waals surface area contributed by atoms with Crippen molar-refractivity contribution < 1.29 is 0 Å². The zero-order valence-electron chi connectivity index (χ0n) is 11.0. The van der Waals surface area contributed by atoms with Crippen LogP contribution in [0.4, 0.5) is 5.95 Å². The van der Waals surface area contributed by atoms with E-state index in [2.05, 4.69) is 49.9 Å². The highest BCUT2D eigenvalue weighted by atomic mass is 32.1. The molecule has 0 saturated heterocycles. The molecule has 0 atom stereocenters. The van der Waals surface area contributed by atoms with E-state index in [1.807, 2.05) is 17.6 Å². The van der Waals surface area contributed by atoms with Crippen molar-refractivity contribution in [3.05, 3.63) is 52.2 Å². The van der Waals surface area contributed by atoms with Gasteiger partial charge in [-0.2, -0.15) is 0 Å². The minimum absolute atomic E-state index is 0.789. The van der Waals surface area contributed by atoms with Gasteiger partial charge < -0.3 is 10.3 Å². The number of thiazole rings is 1. The van der Waals surface area contributed by atoms with E-state index in [9.17, 15) is 0 Å². The van der Waals surface area contributed by atoms with Crippen LogP contribution in [0.1, 0.15) is 4.88 Å². The molecule has 104 valence electrons. The van der Waals surface area contributed by atoms with E-state index in [0.29, 0.717) is 0 Å². The summed E-state index contributed by atoms with van der Waals surface area (Å²) in [5.74, 6) is 0.801. The molecule has 0 amide bonds. The van der Waals surface area contributed by atoms with Gasteiger partial charge in [-0.25, -0.2) is 9.97 Å². The highest BCUT2D eigenvalue weighted by molar-refractivity contribution is 7.13. The Labute approximate surface area is 129 Å². The number of nitrogens with one attached hydrogen (secondary N) is 2. The topological polar surface area (TPSA) is 53.6 Å². The van der Waals surface area contributed by atoms with Gasteiger partial charge in [0.2, 0.25) is 5.95 Å². The number of aromatic nitrogens is 3. The number of imidazole rings is 1. The average molecular weight is 312 g/mol. The highest BCUT2D eigenvalue weighted by Crippen LogP contribution is 2.25. The summed E-state index contributed by atoms with van der Waals surface area (Å²) in [6.07, 6.45) is 1.82. The molecule has 21 heavy (non-hydrogen) atoms. The van der Waals surface area contributed by atoms with Gasteiger partial charge in [0, 0.05) is 22.0 Å². The van der Waals surface area contributed by atoms with E-state index in [1.54, 1.807) is 22.7 Å². The van der Waals surface area contributed by atoms with Gasteiger partial charge in [-0.05, 0) is 29.6 Å². The van der Waals surface area contributed by atoms with Crippen LogP contribution < -0.4 is 5.32 Å². The second-order valence-corrected chi connectivity index (χ2v) is 6.51. The van der Waals surface area contributed by atoms with Gasteiger partial charge in [-0.15, -0.1) is 22.7 Å². The summed E-state index contributed by atoms with van der Waals surface area (Å²) in [6, 6.07) is 10.4. The summed E-state index contributed by atoms with van der Waals surface area (Å²) in [4.78, 5) is 13.5. The maximum absolute atomic E-state index is 4.56. The first-order chi connectivity index (χ1) is 10.4. The van der Waals surface area contributed by atoms with Gasteiger partial charge in [0.15, 0.2) is 0 Å². The van der Waals surface area contributed by atoms with E-state index in [1.165, 1.54) is 4.88 Å². The van der Waals surface area contributed by atoms with Crippen molar-refractivity contribution in [3.8, 4) is 10.6 Å². The van der Waals surface area contributed by atoms with Crippen molar-refractivity contribution in [3.63, 3.8) is 0 Å². The van der Waals surface area contributed by atoms with Gasteiger partial charge in [-0.1, -0.05) is 6.07 Å². The minimum Gasteiger partial charge on any atom is -0.351 e. The number of thiophene rings is 1. The lowest BCUT2D eigenvalue weighted by Gasteiger charge is -1.98. The number of fused-ring (bicyclic) bond motifs is 1. The molecule has 4 rings (SSSR count). The summed E-state index contributed by atoms with van der Waals surface area (Å²) in [5, 5.41) is 8.41. The van der Waals surface area contributed by atoms with Crippen LogP contribution in [0.2, 0.25) is 0 Å². The van der Waals surface area contributed by atoms with Gasteiger partial charge in [0.1, 0.15) is 5.01 Å². The third kappa shape index (κ3) is 2.55. The van der Waals surface area contributed by atoms with E-state index in [4.69, 9.17) is 0 Å². The van der Waals surface area contributed by atoms with Crippen LogP contribution >= 0.6 is 22.7 Å². The standard InChI is InChI=1S/C15H12N4S2/c1-2-11(20-6-1)9-17-15-18-12-4-3-10(8-13(12)19-15)14-16-5-7-21-14/h1-8H,9H2,(H2,17,18,19). The molecular weight excluding hydrogens is 300 g/mol. The fraction of sp³-hybridized carbons (Fsp3) is 0.0667. The Morgan fingerprint density at radius 2 is 2.14 bits per heavy atom. The molecule has 4 aromatic rings. The Morgan fingerprint density at radius 1 is 1.14 bits per heavy atom. The summed E-state index contributed by atoms with van der Waals surface area (Å²) in [5.41, 5.74) is 3.10. The highest BCUT2D eigenvalue weighted by Gasteiger charge is 2.06. The van der Waals surface area contributed by atoms with Crippen molar-refractivity contribution in [1.82, 2.24) is 15.0 Å². The molecule has 0 saturated carbocycles. The van der Waals surface area contributed by atoms with Crippen molar-refractivity contribution in [2.24, 2.45) is 0 Å². The lowest BCUT2D eigenvalue weighted by molar-refractivity contribution is 1.13. The molecule has 3 heterocycles. The molecule has 0 aliphatic carbocycles. The van der Waals surface area contributed by atoms with E-state index in [0.717, 1.165) is 34.1 Å². The molecule has 6 heteroatoms. The number of nitrogens with zero attached hydrogens (tertiary/aromatic N) is 2. The molecule has 3 aromatic heterocycles. The van der Waals surface area contributed by atoms with Crippen molar-refractivity contribution in [2.45, 2.75) is 6.54 Å². The van der Waals surface area contributed by atoms with Gasteiger partial charge in [0.05, 0.1) is 17.6 Å². The Kier molecular flexibility index (Phi) is 3.17. The molecule has 0 aliphatic heterocycles. The van der Waals surface area contributed by atoms with Crippen LogP contribution in [0.5, 0.6) is 0 Å². The zero-order valence-corrected chi connectivity index (χ0v) is 12.7. The van der Waals surface area contributed by atoms with E-state index < -0.39 is 0 Å². The molecule has 4 nitrogen and oxygen atoms in total. The van der Waals surface area contributed by atoms with Crippen LogP contribution in [0.25, 0.3) is 21.6 Å². The molecule has 0 aliphatic rings. The first kappa shape index (κ1) is 12.6. The Hall–Kier alpha value is -2.18. The normalized spacial score (nSPS) is 11.0. The summed E-state index contributed by atoms with van der Waals surface area (Å²) in [7, 11) is 0. The number of aromatic amines is 1. The third-order valence-electron chi connectivity index (χ3n) is 3.17. The first-order valence-corrected chi connectivity index (χ1v) is 8.30. The Morgan fingerprint density at radius 3 is 2.95 bits per heavy atom. The number of hydrogen-bond donors (Lipinski definition) is 2. The quantitative estimate of drug-likeness (QED) is 0.588. The van der Waals surface area contributed by atoms with E-state index in [-0.39, 0.29) is 0 Å². The molecule has 0 radical (unpaired) electrons. The monoisotopic (exact) mass is 312 g/mol. The number of hydrogen-bond acceptors (Lipinski definition) is 5. The maximum Gasteiger partial charge on any atom is 0.201 e. The lowest BCUT2D eigenvalue weighted by atomic mass is 10.2. The molecule has 0 fully saturated rings. The lowest BCUT2D eigenvalue weighted by Crippen LogP contribution is -1.98.